The van der Waals surface area contributed by atoms with Crippen molar-refractivity contribution in [3.8, 4) is 0 Å². The molecule has 0 aliphatic rings. The van der Waals surface area contributed by atoms with Crippen molar-refractivity contribution in [3.63, 3.8) is 0 Å². The van der Waals surface area contributed by atoms with Crippen molar-refractivity contribution in [3.05, 3.63) is 6.92 Å². The summed E-state index contributed by atoms with van der Waals surface area (Å²) in [6, 6.07) is 0. The molecule has 0 aliphatic carbocycles. The summed E-state index contributed by atoms with van der Waals surface area (Å²) in [6.45, 7) is 13.0. The molecule has 61 valence electrons. The van der Waals surface area contributed by atoms with E-state index in [0.717, 1.165) is 5.92 Å². The molecule has 1 radical (unpaired) electrons. The molecule has 0 heterocycles. The van der Waals surface area contributed by atoms with Gasteiger partial charge in [-0.25, -0.2) is 0 Å². The molecule has 0 saturated heterocycles. The number of hydrogen-bond donors (Lipinski definition) is 0. The predicted octanol–water partition coefficient (Wildman–Crippen LogP) is 3.67. The van der Waals surface area contributed by atoms with Gasteiger partial charge in [0.25, 0.3) is 0 Å². The first-order valence-corrected chi connectivity index (χ1v) is 4.31. The summed E-state index contributed by atoms with van der Waals surface area (Å²) >= 11 is 0. The smallest absolute Gasteiger partial charge is 0.0354 e. The third kappa shape index (κ3) is 6.12. The molecule has 0 aliphatic heterocycles. The molecule has 10 heavy (non-hydrogen) atoms. The van der Waals surface area contributed by atoms with E-state index < -0.39 is 0 Å². The summed E-state index contributed by atoms with van der Waals surface area (Å²) in [4.78, 5) is 0. The monoisotopic (exact) mass is 141 g/mol. The zero-order chi connectivity index (χ0) is 8.20. The second kappa shape index (κ2) is 4.00. The second-order valence-electron chi connectivity index (χ2n) is 4.22. The van der Waals surface area contributed by atoms with Gasteiger partial charge in [-0.15, -0.1) is 0 Å². The van der Waals surface area contributed by atoms with Crippen LogP contribution in [0.2, 0.25) is 0 Å². The molecule has 0 aromatic carbocycles. The molecule has 1 atom stereocenters. The number of hydrogen-bond acceptors (Lipinski definition) is 0. The van der Waals surface area contributed by atoms with Crippen molar-refractivity contribution in [1.29, 1.82) is 0 Å². The van der Waals surface area contributed by atoms with Crippen molar-refractivity contribution in [1.82, 2.24) is 0 Å². The molecule has 0 aromatic heterocycles. The van der Waals surface area contributed by atoms with Crippen LogP contribution in [0.25, 0.3) is 0 Å². The van der Waals surface area contributed by atoms with Crippen LogP contribution in [0.4, 0.5) is 0 Å². The van der Waals surface area contributed by atoms with Gasteiger partial charge in [-0.2, -0.15) is 0 Å². The van der Waals surface area contributed by atoms with Crippen LogP contribution in [0.3, 0.4) is 0 Å². The lowest BCUT2D eigenvalue weighted by atomic mass is 9.86. The van der Waals surface area contributed by atoms with E-state index >= 15 is 0 Å². The fourth-order valence-corrected chi connectivity index (χ4v) is 0.841. The Morgan fingerprint density at radius 3 is 2.20 bits per heavy atom. The highest BCUT2D eigenvalue weighted by molar-refractivity contribution is 4.71. The molecule has 0 nitrogen and oxygen atoms in total. The molecule has 0 rings (SSSR count). The van der Waals surface area contributed by atoms with Crippen molar-refractivity contribution in [2.75, 3.05) is 0 Å². The van der Waals surface area contributed by atoms with Gasteiger partial charge in [0, 0.05) is 0 Å². The lowest BCUT2D eigenvalue weighted by molar-refractivity contribution is 0.364. The van der Waals surface area contributed by atoms with Crippen LogP contribution in [-0.2, 0) is 0 Å². The van der Waals surface area contributed by atoms with E-state index in [-0.39, 0.29) is 5.41 Å². The van der Waals surface area contributed by atoms with Crippen molar-refractivity contribution >= 4 is 0 Å². The average molecular weight is 141 g/mol. The van der Waals surface area contributed by atoms with E-state index in [1.807, 2.05) is 0 Å². The Bertz CT molecular complexity index is 76.5. The van der Waals surface area contributed by atoms with Crippen LogP contribution in [0.1, 0.15) is 47.0 Å². The highest BCUT2D eigenvalue weighted by atomic mass is 14.2. The number of rotatable bonds is 4. The lowest BCUT2D eigenvalue weighted by Gasteiger charge is -2.19. The van der Waals surface area contributed by atoms with Crippen LogP contribution < -0.4 is 0 Å². The van der Waals surface area contributed by atoms with Gasteiger partial charge >= 0.3 is 0 Å². The quantitative estimate of drug-likeness (QED) is 0.560. The standard InChI is InChI=1S/C10H21/c1-6-9(2)7-8-10(3,4)5/h9H,3,6-8H2,1-2,4-5H3. The molecular formula is C10H21. The highest BCUT2D eigenvalue weighted by Gasteiger charge is 2.11. The largest absolute Gasteiger partial charge is 0.0651 e. The molecule has 0 saturated carbocycles. The van der Waals surface area contributed by atoms with Gasteiger partial charge in [0.2, 0.25) is 0 Å². The first-order chi connectivity index (χ1) is 4.45. The van der Waals surface area contributed by atoms with E-state index in [1.54, 1.807) is 0 Å². The maximum atomic E-state index is 4.08. The molecule has 0 amide bonds. The Labute approximate surface area is 66.0 Å². The van der Waals surface area contributed by atoms with Gasteiger partial charge in [-0.3, -0.25) is 0 Å². The van der Waals surface area contributed by atoms with Crippen molar-refractivity contribution < 1.29 is 0 Å². The van der Waals surface area contributed by atoms with E-state index in [1.165, 1.54) is 19.3 Å². The lowest BCUT2D eigenvalue weighted by Crippen LogP contribution is -2.07. The highest BCUT2D eigenvalue weighted by Crippen LogP contribution is 2.23. The maximum Gasteiger partial charge on any atom is -0.0354 e. The minimum atomic E-state index is 0.281. The van der Waals surface area contributed by atoms with Crippen molar-refractivity contribution in [2.45, 2.75) is 47.0 Å². The molecule has 0 aromatic rings. The van der Waals surface area contributed by atoms with E-state index in [0.29, 0.717) is 0 Å². The zero-order valence-corrected chi connectivity index (χ0v) is 7.91. The Hall–Kier alpha value is 0. The molecule has 0 fully saturated rings. The fourth-order valence-electron chi connectivity index (χ4n) is 0.841. The third-order valence-electron chi connectivity index (χ3n) is 2.01. The summed E-state index contributed by atoms with van der Waals surface area (Å²) in [5.41, 5.74) is 0.281. The van der Waals surface area contributed by atoms with Crippen LogP contribution >= 0.6 is 0 Å². The zero-order valence-electron chi connectivity index (χ0n) is 7.91. The Kier molecular flexibility index (Phi) is 4.00. The van der Waals surface area contributed by atoms with Gasteiger partial charge in [-0.1, -0.05) is 40.5 Å². The molecule has 0 bridgehead atoms. The first kappa shape index (κ1) is 10.0. The molecule has 0 spiro atoms. The molecule has 0 heteroatoms. The topological polar surface area (TPSA) is 0 Å². The van der Waals surface area contributed by atoms with Gasteiger partial charge in [-0.05, 0) is 24.7 Å². The Morgan fingerprint density at radius 2 is 1.90 bits per heavy atom. The molecule has 1 unspecified atom stereocenters. The van der Waals surface area contributed by atoms with E-state index in [2.05, 4.69) is 34.6 Å². The summed E-state index contributed by atoms with van der Waals surface area (Å²) in [5.74, 6) is 0.876. The van der Waals surface area contributed by atoms with Gasteiger partial charge in [0.05, 0.1) is 0 Å². The molecular weight excluding hydrogens is 120 g/mol. The Morgan fingerprint density at radius 1 is 1.40 bits per heavy atom. The minimum Gasteiger partial charge on any atom is -0.0651 e. The Balaban J connectivity index is 3.36. The normalized spacial score (nSPS) is 15.3. The van der Waals surface area contributed by atoms with Gasteiger partial charge in [0.1, 0.15) is 0 Å². The van der Waals surface area contributed by atoms with Crippen LogP contribution in [0.15, 0.2) is 0 Å². The van der Waals surface area contributed by atoms with Crippen molar-refractivity contribution in [2.24, 2.45) is 11.3 Å². The SMILES string of the molecule is [CH2]C(C)(C)CCC(C)CC. The van der Waals surface area contributed by atoms with E-state index in [9.17, 15) is 0 Å². The fraction of sp³-hybridized carbons (Fsp3) is 0.900. The summed E-state index contributed by atoms with van der Waals surface area (Å²) in [5, 5.41) is 0. The van der Waals surface area contributed by atoms with Crippen LogP contribution in [0.5, 0.6) is 0 Å². The van der Waals surface area contributed by atoms with E-state index in [4.69, 9.17) is 0 Å². The third-order valence-corrected chi connectivity index (χ3v) is 2.01. The van der Waals surface area contributed by atoms with Crippen LogP contribution in [-0.4, -0.2) is 0 Å². The first-order valence-electron chi connectivity index (χ1n) is 4.31. The van der Waals surface area contributed by atoms with Gasteiger partial charge in [0.15, 0.2) is 0 Å². The summed E-state index contributed by atoms with van der Waals surface area (Å²) < 4.78 is 0. The summed E-state index contributed by atoms with van der Waals surface area (Å²) in [7, 11) is 0. The maximum absolute atomic E-state index is 4.08. The predicted molar refractivity (Wildman–Crippen MR) is 47.8 cm³/mol. The molecule has 0 N–H and O–H groups in total. The second-order valence-corrected chi connectivity index (χ2v) is 4.22. The summed E-state index contributed by atoms with van der Waals surface area (Å²) in [6.07, 6.45) is 3.88. The average Bonchev–Trinajstić information content (AvgIpc) is 1.81. The van der Waals surface area contributed by atoms with Crippen LogP contribution in [0, 0.1) is 18.3 Å². The van der Waals surface area contributed by atoms with Gasteiger partial charge < -0.3 is 0 Å². The minimum absolute atomic E-state index is 0.281.